The van der Waals surface area contributed by atoms with Crippen LogP contribution in [0.15, 0.2) is 42.5 Å². The molecule has 0 aliphatic rings. The lowest BCUT2D eigenvalue weighted by Gasteiger charge is -2.09. The van der Waals surface area contributed by atoms with E-state index in [4.69, 9.17) is 27.2 Å². The highest BCUT2D eigenvalue weighted by Gasteiger charge is 2.01. The van der Waals surface area contributed by atoms with E-state index in [1.165, 1.54) is 0 Å². The van der Waals surface area contributed by atoms with Crippen LogP contribution in [0.2, 0.25) is 5.02 Å². The lowest BCUT2D eigenvalue weighted by molar-refractivity contribution is 0.308. The van der Waals surface area contributed by atoms with Gasteiger partial charge in [-0.2, -0.15) is 0 Å². The number of nitrogens with two attached hydrogens (primary N) is 1. The SMILES string of the molecule is Nc1cc(Cl)ccc1OCc1ccc(O)cc1. The van der Waals surface area contributed by atoms with Crippen molar-refractivity contribution in [3.8, 4) is 11.5 Å². The van der Waals surface area contributed by atoms with E-state index in [1.54, 1.807) is 42.5 Å². The molecule has 0 unspecified atom stereocenters. The maximum atomic E-state index is 9.14. The maximum absolute atomic E-state index is 9.14. The van der Waals surface area contributed by atoms with Gasteiger partial charge in [-0.3, -0.25) is 0 Å². The van der Waals surface area contributed by atoms with E-state index in [1.807, 2.05) is 0 Å². The molecule has 0 saturated heterocycles. The van der Waals surface area contributed by atoms with E-state index < -0.39 is 0 Å². The zero-order chi connectivity index (χ0) is 12.3. The van der Waals surface area contributed by atoms with Crippen LogP contribution in [-0.2, 0) is 6.61 Å². The second-order valence-corrected chi connectivity index (χ2v) is 4.07. The molecule has 0 atom stereocenters. The van der Waals surface area contributed by atoms with E-state index in [0.29, 0.717) is 23.1 Å². The Labute approximate surface area is 104 Å². The molecule has 88 valence electrons. The summed E-state index contributed by atoms with van der Waals surface area (Å²) in [6, 6.07) is 11.9. The third-order valence-corrected chi connectivity index (χ3v) is 2.54. The largest absolute Gasteiger partial charge is 0.508 e. The van der Waals surface area contributed by atoms with Crippen LogP contribution < -0.4 is 10.5 Å². The molecule has 4 heteroatoms. The molecule has 0 fully saturated rings. The summed E-state index contributed by atoms with van der Waals surface area (Å²) in [6.07, 6.45) is 0. The van der Waals surface area contributed by atoms with Crippen LogP contribution in [0.1, 0.15) is 5.56 Å². The number of nitrogen functional groups attached to an aromatic ring is 1. The number of aromatic hydroxyl groups is 1. The summed E-state index contributed by atoms with van der Waals surface area (Å²) in [7, 11) is 0. The predicted octanol–water partition coefficient (Wildman–Crippen LogP) is 3.21. The fourth-order valence-corrected chi connectivity index (χ4v) is 1.58. The molecule has 0 saturated carbocycles. The molecule has 0 aliphatic carbocycles. The van der Waals surface area contributed by atoms with Gasteiger partial charge in [0.25, 0.3) is 0 Å². The van der Waals surface area contributed by atoms with Crippen molar-refractivity contribution in [1.29, 1.82) is 0 Å². The molecule has 17 heavy (non-hydrogen) atoms. The average molecular weight is 250 g/mol. The first kappa shape index (κ1) is 11.6. The van der Waals surface area contributed by atoms with Gasteiger partial charge in [0.1, 0.15) is 18.1 Å². The van der Waals surface area contributed by atoms with Crippen molar-refractivity contribution in [2.24, 2.45) is 0 Å². The summed E-state index contributed by atoms with van der Waals surface area (Å²) in [4.78, 5) is 0. The Bertz CT molecular complexity index is 511. The van der Waals surface area contributed by atoms with E-state index in [-0.39, 0.29) is 5.75 Å². The Morgan fingerprint density at radius 1 is 1.12 bits per heavy atom. The van der Waals surface area contributed by atoms with Crippen LogP contribution in [-0.4, -0.2) is 5.11 Å². The first-order valence-electron chi connectivity index (χ1n) is 5.11. The van der Waals surface area contributed by atoms with Crippen molar-refractivity contribution < 1.29 is 9.84 Å². The Balaban J connectivity index is 2.04. The van der Waals surface area contributed by atoms with Crippen molar-refractivity contribution in [3.63, 3.8) is 0 Å². The molecule has 2 aromatic carbocycles. The molecule has 2 aromatic rings. The van der Waals surface area contributed by atoms with Gasteiger partial charge in [-0.05, 0) is 35.9 Å². The number of hydrogen-bond donors (Lipinski definition) is 2. The smallest absolute Gasteiger partial charge is 0.142 e. The van der Waals surface area contributed by atoms with Gasteiger partial charge in [0, 0.05) is 5.02 Å². The highest BCUT2D eigenvalue weighted by atomic mass is 35.5. The Morgan fingerprint density at radius 3 is 2.47 bits per heavy atom. The lowest BCUT2D eigenvalue weighted by Crippen LogP contribution is -1.98. The normalized spacial score (nSPS) is 10.2. The molecule has 0 aliphatic heterocycles. The highest BCUT2D eigenvalue weighted by Crippen LogP contribution is 2.25. The predicted molar refractivity (Wildman–Crippen MR) is 68.3 cm³/mol. The van der Waals surface area contributed by atoms with Gasteiger partial charge < -0.3 is 15.6 Å². The summed E-state index contributed by atoms with van der Waals surface area (Å²) in [5.74, 6) is 0.835. The van der Waals surface area contributed by atoms with Crippen LogP contribution in [0, 0.1) is 0 Å². The molecule has 0 spiro atoms. The minimum atomic E-state index is 0.236. The molecule has 0 radical (unpaired) electrons. The first-order valence-corrected chi connectivity index (χ1v) is 5.48. The number of anilines is 1. The van der Waals surface area contributed by atoms with Crippen LogP contribution in [0.3, 0.4) is 0 Å². The van der Waals surface area contributed by atoms with Crippen LogP contribution in [0.25, 0.3) is 0 Å². The second kappa shape index (κ2) is 4.97. The third-order valence-electron chi connectivity index (χ3n) is 2.30. The first-order chi connectivity index (χ1) is 8.15. The standard InChI is InChI=1S/C13H12ClNO2/c14-10-3-6-13(12(15)7-10)17-8-9-1-4-11(16)5-2-9/h1-7,16H,8,15H2. The van der Waals surface area contributed by atoms with Gasteiger partial charge in [-0.25, -0.2) is 0 Å². The van der Waals surface area contributed by atoms with Crippen molar-refractivity contribution in [2.45, 2.75) is 6.61 Å². The lowest BCUT2D eigenvalue weighted by atomic mass is 10.2. The van der Waals surface area contributed by atoms with Gasteiger partial charge in [0.05, 0.1) is 5.69 Å². The minimum Gasteiger partial charge on any atom is -0.508 e. The van der Waals surface area contributed by atoms with Gasteiger partial charge in [0.15, 0.2) is 0 Å². The molecule has 0 heterocycles. The number of rotatable bonds is 3. The fraction of sp³-hybridized carbons (Fsp3) is 0.0769. The molecule has 2 rings (SSSR count). The topological polar surface area (TPSA) is 55.5 Å². The van der Waals surface area contributed by atoms with Crippen molar-refractivity contribution >= 4 is 17.3 Å². The average Bonchev–Trinajstić information content (AvgIpc) is 2.30. The Morgan fingerprint density at radius 2 is 1.82 bits per heavy atom. The molecule has 3 nitrogen and oxygen atoms in total. The van der Waals surface area contributed by atoms with Crippen molar-refractivity contribution in [2.75, 3.05) is 5.73 Å². The second-order valence-electron chi connectivity index (χ2n) is 3.64. The van der Waals surface area contributed by atoms with E-state index in [0.717, 1.165) is 5.56 Å². The number of phenols is 1. The number of hydrogen-bond acceptors (Lipinski definition) is 3. The van der Waals surface area contributed by atoms with E-state index in [2.05, 4.69) is 0 Å². The summed E-state index contributed by atoms with van der Waals surface area (Å²) < 4.78 is 5.55. The number of halogens is 1. The Hall–Kier alpha value is -1.87. The molecule has 3 N–H and O–H groups in total. The third kappa shape index (κ3) is 3.04. The van der Waals surface area contributed by atoms with Gasteiger partial charge in [-0.1, -0.05) is 23.7 Å². The molecule has 0 amide bonds. The van der Waals surface area contributed by atoms with Gasteiger partial charge in [-0.15, -0.1) is 0 Å². The molecular weight excluding hydrogens is 238 g/mol. The van der Waals surface area contributed by atoms with E-state index >= 15 is 0 Å². The molecule has 0 bridgehead atoms. The quantitative estimate of drug-likeness (QED) is 0.822. The van der Waals surface area contributed by atoms with Crippen LogP contribution in [0.5, 0.6) is 11.5 Å². The monoisotopic (exact) mass is 249 g/mol. The van der Waals surface area contributed by atoms with Crippen LogP contribution >= 0.6 is 11.6 Å². The minimum absolute atomic E-state index is 0.236. The molecule has 0 aromatic heterocycles. The number of ether oxygens (including phenoxy) is 1. The van der Waals surface area contributed by atoms with Gasteiger partial charge in [0.2, 0.25) is 0 Å². The van der Waals surface area contributed by atoms with E-state index in [9.17, 15) is 0 Å². The summed E-state index contributed by atoms with van der Waals surface area (Å²) in [6.45, 7) is 0.395. The van der Waals surface area contributed by atoms with Gasteiger partial charge >= 0.3 is 0 Å². The van der Waals surface area contributed by atoms with Crippen molar-refractivity contribution in [3.05, 3.63) is 53.1 Å². The summed E-state index contributed by atoms with van der Waals surface area (Å²) in [5, 5.41) is 9.72. The fourth-order valence-electron chi connectivity index (χ4n) is 1.40. The zero-order valence-electron chi connectivity index (χ0n) is 9.06. The summed E-state index contributed by atoms with van der Waals surface area (Å²) >= 11 is 5.79. The van der Waals surface area contributed by atoms with Crippen molar-refractivity contribution in [1.82, 2.24) is 0 Å². The molecular formula is C13H12ClNO2. The number of phenolic OH excluding ortho intramolecular Hbond substituents is 1. The van der Waals surface area contributed by atoms with Crippen LogP contribution in [0.4, 0.5) is 5.69 Å². The maximum Gasteiger partial charge on any atom is 0.142 e. The summed E-state index contributed by atoms with van der Waals surface area (Å²) in [5.41, 5.74) is 7.23. The Kier molecular flexibility index (Phi) is 3.40. The highest BCUT2D eigenvalue weighted by molar-refractivity contribution is 6.30. The number of benzene rings is 2. The zero-order valence-corrected chi connectivity index (χ0v) is 9.82.